The van der Waals surface area contributed by atoms with Gasteiger partial charge in [-0.15, -0.1) is 0 Å². The van der Waals surface area contributed by atoms with Crippen molar-refractivity contribution in [3.63, 3.8) is 0 Å². The summed E-state index contributed by atoms with van der Waals surface area (Å²) in [6, 6.07) is 0. The fraction of sp³-hybridized carbons (Fsp3) is 1.00. The predicted octanol–water partition coefficient (Wildman–Crippen LogP) is 3.55. The molecule has 2 aliphatic carbocycles. The van der Waals surface area contributed by atoms with E-state index in [9.17, 15) is 0 Å². The Balaban J connectivity index is 2.01. The molecule has 2 rings (SSSR count). The summed E-state index contributed by atoms with van der Waals surface area (Å²) in [6.45, 7) is 0. The Morgan fingerprint density at radius 2 is 1.22 bits per heavy atom. The van der Waals surface area contributed by atoms with Gasteiger partial charge in [-0.3, -0.25) is 0 Å². The van der Waals surface area contributed by atoms with Crippen LogP contribution in [-0.2, 0) is 0 Å². The monoisotopic (exact) mass is 360 g/mol. The first kappa shape index (κ1) is 7.41. The van der Waals surface area contributed by atoms with Crippen LogP contribution in [0.3, 0.4) is 0 Å². The molecule has 9 heavy (non-hydrogen) atoms. The molecule has 0 atom stereocenters. The van der Waals surface area contributed by atoms with Gasteiger partial charge in [0.05, 0.1) is 0 Å². The summed E-state index contributed by atoms with van der Waals surface area (Å²) in [6.07, 6.45) is 6.07. The summed E-state index contributed by atoms with van der Waals surface area (Å²) >= 11 is 6.22. The summed E-state index contributed by atoms with van der Waals surface area (Å²) in [5.41, 5.74) is 0. The second-order valence-corrected chi connectivity index (χ2v) is 36.5. The molecule has 0 unspecified atom stereocenters. The third-order valence-corrected chi connectivity index (χ3v) is 29.1. The Hall–Kier alpha value is 1.76. The minimum absolute atomic E-state index is 1.15. The first-order chi connectivity index (χ1) is 4.21. The normalized spacial score (nSPS) is 28.7. The van der Waals surface area contributed by atoms with Crippen molar-refractivity contribution < 1.29 is 0 Å². The number of hydrogen-bond donors (Lipinski definition) is 0. The summed E-state index contributed by atoms with van der Waals surface area (Å²) in [7, 11) is 0. The summed E-state index contributed by atoms with van der Waals surface area (Å²) in [4.78, 5) is 0. The molecule has 0 saturated heterocycles. The molecule has 0 aromatic heterocycles. The molecule has 0 nitrogen and oxygen atoms in total. The molecule has 2 saturated carbocycles. The van der Waals surface area contributed by atoms with Gasteiger partial charge in [0, 0.05) is 0 Å². The van der Waals surface area contributed by atoms with Crippen LogP contribution in [-0.4, -0.2) is 13.9 Å². The maximum absolute atomic E-state index is 3.96. The molecular weight excluding hydrogens is 351 g/mol. The third-order valence-electron chi connectivity index (χ3n) is 2.24. The molecule has 2 aliphatic rings. The standard InChI is InChI=1S/2C3H5.2BrH.Sn/c2*1-2-3-1;;;/h2*1H,2-3H2;2*1H;/q;;;;+2/p-2. The van der Waals surface area contributed by atoms with Crippen molar-refractivity contribution in [1.29, 1.82) is 0 Å². The van der Waals surface area contributed by atoms with E-state index in [0.717, 1.165) is 7.87 Å². The summed E-state index contributed by atoms with van der Waals surface area (Å²) < 4.78 is 2.29. The van der Waals surface area contributed by atoms with Crippen molar-refractivity contribution in [2.75, 3.05) is 0 Å². The third kappa shape index (κ3) is 1.50. The molecule has 0 heterocycles. The summed E-state index contributed by atoms with van der Waals surface area (Å²) in [5, 5.41) is 0. The van der Waals surface area contributed by atoms with Crippen molar-refractivity contribution in [3.05, 3.63) is 0 Å². The van der Waals surface area contributed by atoms with Crippen LogP contribution in [0.25, 0.3) is 0 Å². The SMILES string of the molecule is [Br][Sn]([Br])([CH]1CC1)[CH]1CC1. The fourth-order valence-corrected chi connectivity index (χ4v) is 20.8. The zero-order chi connectivity index (χ0) is 6.48. The van der Waals surface area contributed by atoms with Crippen molar-refractivity contribution in [3.8, 4) is 0 Å². The van der Waals surface area contributed by atoms with E-state index in [1.807, 2.05) is 0 Å². The van der Waals surface area contributed by atoms with Gasteiger partial charge in [-0.1, -0.05) is 0 Å². The zero-order valence-electron chi connectivity index (χ0n) is 5.24. The minimum atomic E-state index is -1.71. The van der Waals surface area contributed by atoms with E-state index in [-0.39, 0.29) is 0 Å². The van der Waals surface area contributed by atoms with E-state index in [1.54, 1.807) is 0 Å². The van der Waals surface area contributed by atoms with Gasteiger partial charge in [-0.05, 0) is 0 Å². The van der Waals surface area contributed by atoms with Gasteiger partial charge in [0.2, 0.25) is 0 Å². The van der Waals surface area contributed by atoms with Crippen LogP contribution in [0, 0.1) is 0 Å². The number of hydrogen-bond acceptors (Lipinski definition) is 0. The van der Waals surface area contributed by atoms with E-state index in [4.69, 9.17) is 0 Å². The van der Waals surface area contributed by atoms with Crippen LogP contribution in [0.2, 0.25) is 7.87 Å². The molecule has 0 spiro atoms. The molecule has 3 heteroatoms. The summed E-state index contributed by atoms with van der Waals surface area (Å²) in [5.74, 6) is 0. The molecule has 0 aliphatic heterocycles. The van der Waals surface area contributed by atoms with Gasteiger partial charge in [0.25, 0.3) is 0 Å². The Labute approximate surface area is 72.2 Å². The predicted molar refractivity (Wildman–Crippen MR) is 49.6 cm³/mol. The number of halogens is 2. The van der Waals surface area contributed by atoms with E-state index in [1.165, 1.54) is 25.7 Å². The van der Waals surface area contributed by atoms with Gasteiger partial charge in [0.15, 0.2) is 0 Å². The Morgan fingerprint density at radius 1 is 0.889 bits per heavy atom. The Kier molecular flexibility index (Phi) is 1.95. The van der Waals surface area contributed by atoms with Gasteiger partial charge < -0.3 is 0 Å². The second kappa shape index (κ2) is 2.37. The first-order valence-electron chi connectivity index (χ1n) is 3.59. The molecule has 0 bridgehead atoms. The van der Waals surface area contributed by atoms with Crippen molar-refractivity contribution in [2.24, 2.45) is 0 Å². The van der Waals surface area contributed by atoms with E-state index < -0.39 is 13.9 Å². The van der Waals surface area contributed by atoms with Crippen molar-refractivity contribution in [2.45, 2.75) is 33.6 Å². The molecule has 0 radical (unpaired) electrons. The quantitative estimate of drug-likeness (QED) is 0.661. The molecule has 0 amide bonds. The van der Waals surface area contributed by atoms with Crippen LogP contribution in [0.5, 0.6) is 0 Å². The van der Waals surface area contributed by atoms with E-state index >= 15 is 0 Å². The molecule has 0 aromatic carbocycles. The maximum atomic E-state index is 3.96. The van der Waals surface area contributed by atoms with Crippen LogP contribution in [0.15, 0.2) is 0 Å². The fourth-order valence-electron chi connectivity index (χ4n) is 1.27. The van der Waals surface area contributed by atoms with Gasteiger partial charge >= 0.3 is 72.9 Å². The molecule has 52 valence electrons. The van der Waals surface area contributed by atoms with Gasteiger partial charge in [-0.2, -0.15) is 0 Å². The van der Waals surface area contributed by atoms with Crippen LogP contribution in [0.1, 0.15) is 25.7 Å². The Bertz CT molecular complexity index is 113. The van der Waals surface area contributed by atoms with Gasteiger partial charge in [0.1, 0.15) is 0 Å². The first-order valence-corrected chi connectivity index (χ1v) is 19.7. The average molecular weight is 361 g/mol. The van der Waals surface area contributed by atoms with Crippen molar-refractivity contribution >= 4 is 39.3 Å². The van der Waals surface area contributed by atoms with E-state index in [2.05, 4.69) is 25.4 Å². The molecular formula is C6H10Br2Sn. The second-order valence-electron chi connectivity index (χ2n) is 3.22. The van der Waals surface area contributed by atoms with Crippen LogP contribution in [0.4, 0.5) is 0 Å². The zero-order valence-corrected chi connectivity index (χ0v) is 11.3. The van der Waals surface area contributed by atoms with Gasteiger partial charge in [-0.25, -0.2) is 0 Å². The van der Waals surface area contributed by atoms with Crippen LogP contribution >= 0.6 is 25.4 Å². The molecule has 0 aromatic rings. The van der Waals surface area contributed by atoms with E-state index in [0.29, 0.717) is 0 Å². The Morgan fingerprint density at radius 3 is 1.44 bits per heavy atom. The topological polar surface area (TPSA) is 0 Å². The van der Waals surface area contributed by atoms with Crippen molar-refractivity contribution in [1.82, 2.24) is 0 Å². The molecule has 2 fully saturated rings. The molecule has 0 N–H and O–H groups in total. The average Bonchev–Trinajstić information content (AvgIpc) is 2.62. The number of rotatable bonds is 2. The van der Waals surface area contributed by atoms with Crippen LogP contribution < -0.4 is 0 Å².